The summed E-state index contributed by atoms with van der Waals surface area (Å²) in [5.41, 5.74) is 1.72. The van der Waals surface area contributed by atoms with Crippen molar-refractivity contribution in [3.63, 3.8) is 0 Å². The molecule has 0 radical (unpaired) electrons. The van der Waals surface area contributed by atoms with E-state index >= 15 is 0 Å². The first kappa shape index (κ1) is 15.8. The van der Waals surface area contributed by atoms with E-state index in [2.05, 4.69) is 20.6 Å². The molecule has 0 bridgehead atoms. The highest BCUT2D eigenvalue weighted by molar-refractivity contribution is 5.89. The molecule has 0 aliphatic rings. The summed E-state index contributed by atoms with van der Waals surface area (Å²) in [5.74, 6) is 0. The van der Waals surface area contributed by atoms with Gasteiger partial charge in [0.25, 0.3) is 0 Å². The minimum atomic E-state index is -0.536. The van der Waals surface area contributed by atoms with Crippen LogP contribution in [0.25, 0.3) is 0 Å². The van der Waals surface area contributed by atoms with E-state index in [1.165, 1.54) is 0 Å². The fourth-order valence-electron chi connectivity index (χ4n) is 1.77. The second-order valence-electron chi connectivity index (χ2n) is 5.72. The Labute approximate surface area is 129 Å². The van der Waals surface area contributed by atoms with E-state index < -0.39 is 11.7 Å². The molecule has 116 valence electrons. The Hall–Kier alpha value is -2.63. The van der Waals surface area contributed by atoms with Gasteiger partial charge in [0.1, 0.15) is 5.60 Å². The fraction of sp³-hybridized carbons (Fsp3) is 0.312. The number of benzene rings is 1. The maximum Gasteiger partial charge on any atom is 0.412 e. The first-order valence-electron chi connectivity index (χ1n) is 7.02. The molecule has 1 aromatic carbocycles. The van der Waals surface area contributed by atoms with Crippen molar-refractivity contribution in [1.82, 2.24) is 9.97 Å². The van der Waals surface area contributed by atoms with Crippen LogP contribution in [0.4, 0.5) is 16.2 Å². The molecule has 22 heavy (non-hydrogen) atoms. The summed E-state index contributed by atoms with van der Waals surface area (Å²) in [5, 5.41) is 5.97. The van der Waals surface area contributed by atoms with Crippen LogP contribution in [0.1, 0.15) is 26.5 Å². The van der Waals surface area contributed by atoms with Gasteiger partial charge in [0, 0.05) is 12.4 Å². The Morgan fingerprint density at radius 1 is 1.18 bits per heavy atom. The zero-order chi connectivity index (χ0) is 16.0. The summed E-state index contributed by atoms with van der Waals surface area (Å²) in [6.45, 7) is 5.99. The highest BCUT2D eigenvalue weighted by Gasteiger charge is 2.17. The minimum absolute atomic E-state index is 0.485. The van der Waals surface area contributed by atoms with Crippen molar-refractivity contribution in [3.8, 4) is 0 Å². The highest BCUT2D eigenvalue weighted by atomic mass is 16.6. The number of hydrogen-bond donors (Lipinski definition) is 2. The fourth-order valence-corrected chi connectivity index (χ4v) is 1.77. The summed E-state index contributed by atoms with van der Waals surface area (Å²) in [6, 6.07) is 7.42. The molecule has 2 aromatic rings. The van der Waals surface area contributed by atoms with Crippen LogP contribution in [0.15, 0.2) is 42.9 Å². The molecule has 2 rings (SSSR count). The molecule has 6 nitrogen and oxygen atoms in total. The molecule has 1 heterocycles. The van der Waals surface area contributed by atoms with Crippen molar-refractivity contribution in [2.24, 2.45) is 0 Å². The third kappa shape index (κ3) is 5.05. The minimum Gasteiger partial charge on any atom is -0.444 e. The van der Waals surface area contributed by atoms with E-state index in [-0.39, 0.29) is 0 Å². The lowest BCUT2D eigenvalue weighted by atomic mass is 10.2. The monoisotopic (exact) mass is 300 g/mol. The van der Waals surface area contributed by atoms with Gasteiger partial charge in [-0.3, -0.25) is 15.3 Å². The van der Waals surface area contributed by atoms with Gasteiger partial charge in [0.05, 0.1) is 29.8 Å². The highest BCUT2D eigenvalue weighted by Crippen LogP contribution is 2.22. The van der Waals surface area contributed by atoms with Gasteiger partial charge in [-0.1, -0.05) is 12.1 Å². The van der Waals surface area contributed by atoms with Gasteiger partial charge in [0.15, 0.2) is 0 Å². The maximum absolute atomic E-state index is 11.9. The van der Waals surface area contributed by atoms with E-state index in [4.69, 9.17) is 4.74 Å². The second kappa shape index (κ2) is 6.89. The average molecular weight is 300 g/mol. The third-order valence-electron chi connectivity index (χ3n) is 2.64. The molecular formula is C16H20N4O2. The Balaban J connectivity index is 2.02. The van der Waals surface area contributed by atoms with Crippen molar-refractivity contribution in [3.05, 3.63) is 48.5 Å². The number of hydrogen-bond acceptors (Lipinski definition) is 5. The van der Waals surface area contributed by atoms with Crippen LogP contribution in [0.2, 0.25) is 0 Å². The summed E-state index contributed by atoms with van der Waals surface area (Å²) in [4.78, 5) is 20.1. The van der Waals surface area contributed by atoms with Crippen molar-refractivity contribution in [2.45, 2.75) is 32.9 Å². The number of nitrogens with one attached hydrogen (secondary N) is 2. The average Bonchev–Trinajstić information content (AvgIpc) is 2.45. The van der Waals surface area contributed by atoms with E-state index in [0.717, 1.165) is 11.4 Å². The normalized spacial score (nSPS) is 10.9. The van der Waals surface area contributed by atoms with Crippen LogP contribution < -0.4 is 10.6 Å². The van der Waals surface area contributed by atoms with E-state index in [9.17, 15) is 4.79 Å². The van der Waals surface area contributed by atoms with E-state index in [0.29, 0.717) is 12.2 Å². The number of rotatable bonds is 4. The molecule has 0 saturated carbocycles. The molecule has 2 N–H and O–H groups in total. The van der Waals surface area contributed by atoms with Crippen LogP contribution >= 0.6 is 0 Å². The number of anilines is 2. The lowest BCUT2D eigenvalue weighted by molar-refractivity contribution is 0.0636. The topological polar surface area (TPSA) is 76.1 Å². The number of aromatic nitrogens is 2. The van der Waals surface area contributed by atoms with E-state index in [1.54, 1.807) is 18.6 Å². The van der Waals surface area contributed by atoms with Crippen LogP contribution in [0, 0.1) is 0 Å². The van der Waals surface area contributed by atoms with Gasteiger partial charge in [-0.2, -0.15) is 0 Å². The van der Waals surface area contributed by atoms with Gasteiger partial charge in [-0.15, -0.1) is 0 Å². The van der Waals surface area contributed by atoms with Crippen molar-refractivity contribution >= 4 is 17.5 Å². The van der Waals surface area contributed by atoms with Crippen LogP contribution in [-0.4, -0.2) is 21.7 Å². The van der Waals surface area contributed by atoms with Crippen molar-refractivity contribution in [2.75, 3.05) is 10.6 Å². The Morgan fingerprint density at radius 2 is 1.91 bits per heavy atom. The number of para-hydroxylation sites is 2. The summed E-state index contributed by atoms with van der Waals surface area (Å²) < 4.78 is 5.26. The molecule has 0 aliphatic carbocycles. The molecule has 0 atom stereocenters. The Kier molecular flexibility index (Phi) is 4.93. The van der Waals surface area contributed by atoms with Crippen LogP contribution in [0.5, 0.6) is 0 Å². The third-order valence-corrected chi connectivity index (χ3v) is 2.64. The molecule has 1 amide bonds. The first-order valence-corrected chi connectivity index (χ1v) is 7.02. The maximum atomic E-state index is 11.9. The molecular weight excluding hydrogens is 280 g/mol. The Bertz CT molecular complexity index is 624. The number of nitrogens with zero attached hydrogens (tertiary/aromatic N) is 2. The zero-order valence-electron chi connectivity index (χ0n) is 13.0. The number of ether oxygens (including phenoxy) is 1. The SMILES string of the molecule is CC(C)(C)OC(=O)Nc1ccccc1NCc1cnccn1. The predicted octanol–water partition coefficient (Wildman–Crippen LogP) is 3.44. The van der Waals surface area contributed by atoms with Gasteiger partial charge in [0.2, 0.25) is 0 Å². The van der Waals surface area contributed by atoms with Gasteiger partial charge in [-0.05, 0) is 32.9 Å². The van der Waals surface area contributed by atoms with E-state index in [1.807, 2.05) is 45.0 Å². The number of carbonyl (C=O) groups excluding carboxylic acids is 1. The van der Waals surface area contributed by atoms with Gasteiger partial charge >= 0.3 is 6.09 Å². The molecule has 6 heteroatoms. The van der Waals surface area contributed by atoms with Gasteiger partial charge < -0.3 is 10.1 Å². The standard InChI is InChI=1S/C16H20N4O2/c1-16(2,3)22-15(21)20-14-7-5-4-6-13(14)19-11-12-10-17-8-9-18-12/h4-10,19H,11H2,1-3H3,(H,20,21). The smallest absolute Gasteiger partial charge is 0.412 e. The summed E-state index contributed by atoms with van der Waals surface area (Å²) in [7, 11) is 0. The largest absolute Gasteiger partial charge is 0.444 e. The Morgan fingerprint density at radius 3 is 2.55 bits per heavy atom. The molecule has 0 aliphatic heterocycles. The quantitative estimate of drug-likeness (QED) is 0.904. The molecule has 0 saturated heterocycles. The molecule has 1 aromatic heterocycles. The number of carbonyl (C=O) groups is 1. The molecule has 0 unspecified atom stereocenters. The lowest BCUT2D eigenvalue weighted by Crippen LogP contribution is -2.27. The summed E-state index contributed by atoms with van der Waals surface area (Å²) in [6.07, 6.45) is 4.47. The van der Waals surface area contributed by atoms with Crippen LogP contribution in [-0.2, 0) is 11.3 Å². The van der Waals surface area contributed by atoms with Crippen molar-refractivity contribution < 1.29 is 9.53 Å². The van der Waals surface area contributed by atoms with Crippen LogP contribution in [0.3, 0.4) is 0 Å². The second-order valence-corrected chi connectivity index (χ2v) is 5.72. The zero-order valence-corrected chi connectivity index (χ0v) is 13.0. The molecule has 0 spiro atoms. The van der Waals surface area contributed by atoms with Gasteiger partial charge in [-0.25, -0.2) is 4.79 Å². The first-order chi connectivity index (χ1) is 10.4. The lowest BCUT2D eigenvalue weighted by Gasteiger charge is -2.20. The number of amides is 1. The summed E-state index contributed by atoms with van der Waals surface area (Å²) >= 11 is 0. The van der Waals surface area contributed by atoms with Crippen molar-refractivity contribution in [1.29, 1.82) is 0 Å². The predicted molar refractivity (Wildman–Crippen MR) is 85.7 cm³/mol. The molecule has 0 fully saturated rings.